The number of hydrogen-bond acceptors (Lipinski definition) is 8. The fourth-order valence-electron chi connectivity index (χ4n) is 3.60. The molecular formula is C19H25FN6O5S. The van der Waals surface area contributed by atoms with Crippen LogP contribution in [0.1, 0.15) is 19.8 Å². The van der Waals surface area contributed by atoms with Crippen LogP contribution in [0.4, 0.5) is 20.6 Å². The number of nitriles is 1. The van der Waals surface area contributed by atoms with Crippen LogP contribution in [0.3, 0.4) is 0 Å². The Balaban J connectivity index is 1.64. The van der Waals surface area contributed by atoms with Gasteiger partial charge < -0.3 is 15.0 Å². The number of sulfonamides is 1. The predicted octanol–water partition coefficient (Wildman–Crippen LogP) is 0.203. The maximum Gasteiger partial charge on any atom is 0.414 e. The summed E-state index contributed by atoms with van der Waals surface area (Å²) in [5.41, 5.74) is 2.15. The van der Waals surface area contributed by atoms with E-state index >= 15 is 0 Å². The van der Waals surface area contributed by atoms with E-state index in [0.717, 1.165) is 6.26 Å². The number of rotatable bonds is 7. The molecule has 0 aliphatic carbocycles. The lowest BCUT2D eigenvalue weighted by Gasteiger charge is -2.38. The van der Waals surface area contributed by atoms with E-state index < -0.39 is 33.6 Å². The Bertz CT molecular complexity index is 1040. The summed E-state index contributed by atoms with van der Waals surface area (Å²) in [5.74, 6) is -0.772. The van der Waals surface area contributed by atoms with Crippen molar-refractivity contribution >= 4 is 33.4 Å². The highest BCUT2D eigenvalue weighted by Crippen LogP contribution is 2.31. The third-order valence-electron chi connectivity index (χ3n) is 5.34. The van der Waals surface area contributed by atoms with Crippen LogP contribution in [0.2, 0.25) is 0 Å². The molecule has 0 saturated carbocycles. The van der Waals surface area contributed by atoms with Gasteiger partial charge in [0, 0.05) is 20.0 Å². The number of carbonyl (C=O) groups is 2. The van der Waals surface area contributed by atoms with Crippen molar-refractivity contribution in [3.8, 4) is 6.07 Å². The number of amides is 2. The van der Waals surface area contributed by atoms with E-state index in [9.17, 15) is 27.7 Å². The summed E-state index contributed by atoms with van der Waals surface area (Å²) in [6.45, 7) is 2.38. The number of halogens is 1. The standard InChI is InChI=1S/C19H25FN6O5S/c1-13(27)22-10-15-11-26(18(28)31-15)14-3-4-17(16(20)9-14)25-7-5-19(12-21,6-8-25)23-24-32(2,29)30/h3-4,9,15,23-24H,5-8,10-11H2,1-2H3,(H,22,27). The fraction of sp³-hybridized carbons (Fsp3) is 0.526. The molecule has 11 nitrogen and oxygen atoms in total. The molecule has 1 unspecified atom stereocenters. The number of hydrogen-bond donors (Lipinski definition) is 3. The Kier molecular flexibility index (Phi) is 6.87. The van der Waals surface area contributed by atoms with E-state index in [-0.39, 0.29) is 31.8 Å². The zero-order valence-electron chi connectivity index (χ0n) is 17.7. The molecule has 1 aromatic carbocycles. The first-order chi connectivity index (χ1) is 15.0. The highest BCUT2D eigenvalue weighted by molar-refractivity contribution is 7.88. The summed E-state index contributed by atoms with van der Waals surface area (Å²) in [6, 6.07) is 6.51. The maximum atomic E-state index is 14.9. The van der Waals surface area contributed by atoms with Crippen LogP contribution >= 0.6 is 0 Å². The SMILES string of the molecule is CC(=O)NCC1CN(c2ccc(N3CCC(C#N)(NNS(C)(=O)=O)CC3)c(F)c2)C(=O)O1. The monoisotopic (exact) mass is 468 g/mol. The van der Waals surface area contributed by atoms with Gasteiger partial charge in [0.15, 0.2) is 0 Å². The van der Waals surface area contributed by atoms with Gasteiger partial charge in [-0.3, -0.25) is 9.69 Å². The Hall–Kier alpha value is -2.95. The molecule has 0 aromatic heterocycles. The van der Waals surface area contributed by atoms with Crippen molar-refractivity contribution in [2.24, 2.45) is 0 Å². The highest BCUT2D eigenvalue weighted by atomic mass is 32.2. The van der Waals surface area contributed by atoms with Gasteiger partial charge in [-0.1, -0.05) is 0 Å². The second-order valence-electron chi connectivity index (χ2n) is 7.87. The molecule has 2 amide bonds. The summed E-state index contributed by atoms with van der Waals surface area (Å²) in [6.07, 6.45) is 0.389. The minimum atomic E-state index is -3.52. The molecule has 2 aliphatic heterocycles. The van der Waals surface area contributed by atoms with Gasteiger partial charge >= 0.3 is 6.09 Å². The van der Waals surface area contributed by atoms with Crippen LogP contribution in [0.15, 0.2) is 18.2 Å². The fourth-order valence-corrected chi connectivity index (χ4v) is 3.98. The second-order valence-corrected chi connectivity index (χ2v) is 9.62. The van der Waals surface area contributed by atoms with Crippen molar-refractivity contribution in [3.05, 3.63) is 24.0 Å². The molecule has 3 rings (SSSR count). The van der Waals surface area contributed by atoms with Crippen molar-refractivity contribution in [1.82, 2.24) is 15.6 Å². The van der Waals surface area contributed by atoms with Gasteiger partial charge in [0.25, 0.3) is 0 Å². The van der Waals surface area contributed by atoms with E-state index in [4.69, 9.17) is 4.74 Å². The van der Waals surface area contributed by atoms with E-state index in [1.54, 1.807) is 17.0 Å². The molecular weight excluding hydrogens is 443 g/mol. The molecule has 1 aromatic rings. The van der Waals surface area contributed by atoms with Gasteiger partial charge in [0.05, 0.1) is 36.8 Å². The van der Waals surface area contributed by atoms with E-state index in [0.29, 0.717) is 24.5 Å². The number of hydrazine groups is 1. The van der Waals surface area contributed by atoms with Crippen molar-refractivity contribution in [2.45, 2.75) is 31.4 Å². The lowest BCUT2D eigenvalue weighted by Crippen LogP contribution is -2.58. The van der Waals surface area contributed by atoms with E-state index in [1.807, 2.05) is 0 Å². The van der Waals surface area contributed by atoms with Gasteiger partial charge in [0.2, 0.25) is 15.9 Å². The van der Waals surface area contributed by atoms with Gasteiger partial charge in [-0.2, -0.15) is 10.1 Å². The first kappa shape index (κ1) is 23.7. The second kappa shape index (κ2) is 9.27. The van der Waals surface area contributed by atoms with Crippen LogP contribution in [0.25, 0.3) is 0 Å². The molecule has 1 atom stereocenters. The van der Waals surface area contributed by atoms with E-state index in [2.05, 4.69) is 21.6 Å². The lowest BCUT2D eigenvalue weighted by atomic mass is 9.89. The Morgan fingerprint density at radius 1 is 1.38 bits per heavy atom. The van der Waals surface area contributed by atoms with Gasteiger partial charge in [0.1, 0.15) is 17.5 Å². The minimum absolute atomic E-state index is 0.175. The van der Waals surface area contributed by atoms with Crippen LogP contribution in [0, 0.1) is 17.1 Å². The molecule has 174 valence electrons. The summed E-state index contributed by atoms with van der Waals surface area (Å²) >= 11 is 0. The van der Waals surface area contributed by atoms with Crippen molar-refractivity contribution in [1.29, 1.82) is 5.26 Å². The Morgan fingerprint density at radius 2 is 2.06 bits per heavy atom. The van der Waals surface area contributed by atoms with Crippen LogP contribution in [0.5, 0.6) is 0 Å². The maximum absolute atomic E-state index is 14.9. The van der Waals surface area contributed by atoms with Gasteiger partial charge in [-0.15, -0.1) is 0 Å². The van der Waals surface area contributed by atoms with Gasteiger partial charge in [-0.25, -0.2) is 23.0 Å². The topological polar surface area (TPSA) is 144 Å². The third kappa shape index (κ3) is 5.64. The number of anilines is 2. The number of carbonyl (C=O) groups excluding carboxylic acids is 2. The molecule has 2 aliphatic rings. The first-order valence-corrected chi connectivity index (χ1v) is 11.8. The zero-order chi connectivity index (χ0) is 23.5. The number of cyclic esters (lactones) is 1. The molecule has 2 saturated heterocycles. The van der Waals surface area contributed by atoms with Crippen molar-refractivity contribution in [3.63, 3.8) is 0 Å². The average Bonchev–Trinajstić information content (AvgIpc) is 3.11. The van der Waals surface area contributed by atoms with Crippen LogP contribution in [-0.2, 0) is 19.6 Å². The van der Waals surface area contributed by atoms with Crippen molar-refractivity contribution < 1.29 is 27.1 Å². The molecule has 0 radical (unpaired) electrons. The summed E-state index contributed by atoms with van der Waals surface area (Å²) in [5, 5.41) is 12.1. The lowest BCUT2D eigenvalue weighted by molar-refractivity contribution is -0.119. The average molecular weight is 469 g/mol. The number of nitrogens with zero attached hydrogens (tertiary/aromatic N) is 3. The summed E-state index contributed by atoms with van der Waals surface area (Å²) in [7, 11) is -3.52. The molecule has 2 heterocycles. The Morgan fingerprint density at radius 3 is 2.62 bits per heavy atom. The smallest absolute Gasteiger partial charge is 0.414 e. The zero-order valence-corrected chi connectivity index (χ0v) is 18.5. The Labute approximate surface area is 185 Å². The summed E-state index contributed by atoms with van der Waals surface area (Å²) < 4.78 is 42.7. The molecule has 0 bridgehead atoms. The molecule has 2 fully saturated rings. The highest BCUT2D eigenvalue weighted by Gasteiger charge is 2.37. The molecule has 32 heavy (non-hydrogen) atoms. The molecule has 3 N–H and O–H groups in total. The van der Waals surface area contributed by atoms with Crippen LogP contribution in [-0.4, -0.2) is 64.5 Å². The first-order valence-electron chi connectivity index (χ1n) is 9.94. The number of benzene rings is 1. The number of nitrogens with one attached hydrogen (secondary N) is 3. The minimum Gasteiger partial charge on any atom is -0.442 e. The van der Waals surface area contributed by atoms with Gasteiger partial charge in [-0.05, 0) is 31.0 Å². The number of piperidine rings is 1. The van der Waals surface area contributed by atoms with Crippen LogP contribution < -0.4 is 25.4 Å². The summed E-state index contributed by atoms with van der Waals surface area (Å²) in [4.78, 5) is 28.4. The molecule has 13 heteroatoms. The largest absolute Gasteiger partial charge is 0.442 e. The predicted molar refractivity (Wildman–Crippen MR) is 114 cm³/mol. The quantitative estimate of drug-likeness (QED) is 0.482. The van der Waals surface area contributed by atoms with Crippen molar-refractivity contribution in [2.75, 3.05) is 42.2 Å². The normalized spacial score (nSPS) is 20.6. The van der Waals surface area contributed by atoms with E-state index in [1.165, 1.54) is 17.9 Å². The number of ether oxygens (including phenoxy) is 1. The molecule has 0 spiro atoms. The third-order valence-corrected chi connectivity index (χ3v) is 5.82.